The standard InChI is InChI=1S/C17H17N3OS/c1-12-8-9-14(15(10-12)22-2)16-17(21)20(11-18-16)19-13-6-4-3-5-7-13/h3-11,16,19H,1-2H3/t16-/m0/s1. The highest BCUT2D eigenvalue weighted by molar-refractivity contribution is 7.98. The van der Waals surface area contributed by atoms with Gasteiger partial charge in [0.15, 0.2) is 6.04 Å². The molecular weight excluding hydrogens is 294 g/mol. The average molecular weight is 311 g/mol. The lowest BCUT2D eigenvalue weighted by atomic mass is 10.1. The van der Waals surface area contributed by atoms with Crippen molar-refractivity contribution < 1.29 is 4.79 Å². The topological polar surface area (TPSA) is 44.7 Å². The van der Waals surface area contributed by atoms with Crippen molar-refractivity contribution in [2.24, 2.45) is 4.99 Å². The largest absolute Gasteiger partial charge is 0.290 e. The number of carbonyl (C=O) groups is 1. The average Bonchev–Trinajstić information content (AvgIpc) is 2.89. The fourth-order valence-corrected chi connectivity index (χ4v) is 3.10. The molecule has 3 rings (SSSR count). The summed E-state index contributed by atoms with van der Waals surface area (Å²) in [5, 5.41) is 1.45. The molecule has 0 bridgehead atoms. The first-order chi connectivity index (χ1) is 10.7. The number of hydrogen-bond acceptors (Lipinski definition) is 4. The van der Waals surface area contributed by atoms with Crippen LogP contribution in [0.15, 0.2) is 58.4 Å². The Morgan fingerprint density at radius 2 is 1.95 bits per heavy atom. The second-order valence-electron chi connectivity index (χ2n) is 5.10. The van der Waals surface area contributed by atoms with Crippen molar-refractivity contribution in [1.29, 1.82) is 0 Å². The zero-order valence-corrected chi connectivity index (χ0v) is 13.3. The smallest absolute Gasteiger partial charge is 0.275 e. The van der Waals surface area contributed by atoms with E-state index in [1.54, 1.807) is 18.1 Å². The van der Waals surface area contributed by atoms with Crippen LogP contribution in [0, 0.1) is 6.92 Å². The van der Waals surface area contributed by atoms with Gasteiger partial charge in [0.05, 0.1) is 5.69 Å². The summed E-state index contributed by atoms with van der Waals surface area (Å²) in [6.07, 6.45) is 3.57. The number of rotatable bonds is 4. The van der Waals surface area contributed by atoms with E-state index in [9.17, 15) is 4.79 Å². The summed E-state index contributed by atoms with van der Waals surface area (Å²) in [7, 11) is 0. The minimum Gasteiger partial charge on any atom is -0.290 e. The number of anilines is 1. The number of benzene rings is 2. The van der Waals surface area contributed by atoms with Gasteiger partial charge in [0.25, 0.3) is 5.91 Å². The highest BCUT2D eigenvalue weighted by Gasteiger charge is 2.31. The van der Waals surface area contributed by atoms with Crippen molar-refractivity contribution in [2.75, 3.05) is 11.7 Å². The summed E-state index contributed by atoms with van der Waals surface area (Å²) in [5.41, 5.74) is 6.06. The number of hydrogen-bond donors (Lipinski definition) is 1. The second-order valence-corrected chi connectivity index (χ2v) is 5.95. The fourth-order valence-electron chi connectivity index (χ4n) is 2.38. The van der Waals surface area contributed by atoms with Crippen LogP contribution in [0.25, 0.3) is 0 Å². The van der Waals surface area contributed by atoms with Crippen LogP contribution in [0.3, 0.4) is 0 Å². The number of hydrazine groups is 1. The molecule has 2 aromatic rings. The maximum Gasteiger partial charge on any atom is 0.275 e. The van der Waals surface area contributed by atoms with Gasteiger partial charge in [-0.15, -0.1) is 11.8 Å². The van der Waals surface area contributed by atoms with Gasteiger partial charge in [-0.2, -0.15) is 0 Å². The van der Waals surface area contributed by atoms with Gasteiger partial charge in [-0.3, -0.25) is 15.2 Å². The molecular formula is C17H17N3OS. The Hall–Kier alpha value is -2.27. The molecule has 4 nitrogen and oxygen atoms in total. The van der Waals surface area contributed by atoms with Crippen LogP contribution in [0.2, 0.25) is 0 Å². The van der Waals surface area contributed by atoms with E-state index >= 15 is 0 Å². The molecule has 1 atom stereocenters. The molecule has 0 spiro atoms. The molecule has 1 amide bonds. The highest BCUT2D eigenvalue weighted by atomic mass is 32.2. The molecule has 1 aliphatic heterocycles. The van der Waals surface area contributed by atoms with Gasteiger partial charge in [-0.05, 0) is 42.5 Å². The first-order valence-corrected chi connectivity index (χ1v) is 8.24. The molecule has 1 N–H and O–H groups in total. The Labute approximate surface area is 134 Å². The van der Waals surface area contributed by atoms with Crippen LogP contribution in [0.1, 0.15) is 17.2 Å². The maximum atomic E-state index is 12.6. The van der Waals surface area contributed by atoms with Crippen molar-refractivity contribution in [3.63, 3.8) is 0 Å². The fraction of sp³-hybridized carbons (Fsp3) is 0.176. The van der Waals surface area contributed by atoms with Gasteiger partial charge < -0.3 is 0 Å². The number of nitrogens with zero attached hydrogens (tertiary/aromatic N) is 2. The number of aliphatic imine (C=N–C) groups is 1. The highest BCUT2D eigenvalue weighted by Crippen LogP contribution is 2.32. The SMILES string of the molecule is CSc1cc(C)ccc1[C@@H]1N=CN(Nc2ccccc2)C1=O. The Morgan fingerprint density at radius 3 is 2.68 bits per heavy atom. The van der Waals surface area contributed by atoms with Crippen molar-refractivity contribution in [1.82, 2.24) is 5.01 Å². The first-order valence-electron chi connectivity index (χ1n) is 7.01. The van der Waals surface area contributed by atoms with Crippen LogP contribution in [-0.4, -0.2) is 23.5 Å². The predicted octanol–water partition coefficient (Wildman–Crippen LogP) is 3.66. The van der Waals surface area contributed by atoms with Crippen molar-refractivity contribution in [2.45, 2.75) is 17.9 Å². The van der Waals surface area contributed by atoms with Crippen molar-refractivity contribution in [3.8, 4) is 0 Å². The van der Waals surface area contributed by atoms with E-state index in [-0.39, 0.29) is 5.91 Å². The van der Waals surface area contributed by atoms with E-state index in [1.165, 1.54) is 10.6 Å². The Morgan fingerprint density at radius 1 is 1.18 bits per heavy atom. The van der Waals surface area contributed by atoms with E-state index in [1.807, 2.05) is 55.6 Å². The number of nitrogens with one attached hydrogen (secondary N) is 1. The van der Waals surface area contributed by atoms with Gasteiger partial charge in [-0.1, -0.05) is 30.3 Å². The van der Waals surface area contributed by atoms with Gasteiger partial charge in [0.2, 0.25) is 0 Å². The van der Waals surface area contributed by atoms with Gasteiger partial charge >= 0.3 is 0 Å². The van der Waals surface area contributed by atoms with Gasteiger partial charge in [0, 0.05) is 4.90 Å². The Bertz CT molecular complexity index is 715. The molecule has 5 heteroatoms. The summed E-state index contributed by atoms with van der Waals surface area (Å²) >= 11 is 1.64. The second kappa shape index (κ2) is 6.23. The van der Waals surface area contributed by atoms with E-state index in [0.717, 1.165) is 16.1 Å². The molecule has 0 aromatic heterocycles. The summed E-state index contributed by atoms with van der Waals surface area (Å²) in [4.78, 5) is 18.1. The van der Waals surface area contributed by atoms with Crippen molar-refractivity contribution in [3.05, 3.63) is 59.7 Å². The third-order valence-electron chi connectivity index (χ3n) is 3.51. The van der Waals surface area contributed by atoms with E-state index in [0.29, 0.717) is 0 Å². The Kier molecular flexibility index (Phi) is 4.15. The third kappa shape index (κ3) is 2.85. The quantitative estimate of drug-likeness (QED) is 0.877. The predicted molar refractivity (Wildman–Crippen MR) is 91.1 cm³/mol. The molecule has 22 heavy (non-hydrogen) atoms. The summed E-state index contributed by atoms with van der Waals surface area (Å²) in [5.74, 6) is -0.0667. The minimum absolute atomic E-state index is 0.0667. The first kappa shape index (κ1) is 14.7. The molecule has 0 saturated carbocycles. The number of amides is 1. The lowest BCUT2D eigenvalue weighted by Crippen LogP contribution is -2.33. The summed E-state index contributed by atoms with van der Waals surface area (Å²) in [6, 6.07) is 15.2. The monoisotopic (exact) mass is 311 g/mol. The molecule has 1 aliphatic rings. The zero-order chi connectivity index (χ0) is 15.5. The molecule has 0 radical (unpaired) electrons. The number of thioether (sulfide) groups is 1. The van der Waals surface area contributed by atoms with Crippen molar-refractivity contribution >= 4 is 29.7 Å². The summed E-state index contributed by atoms with van der Waals surface area (Å²) in [6.45, 7) is 2.05. The molecule has 2 aromatic carbocycles. The van der Waals surface area contributed by atoms with E-state index < -0.39 is 6.04 Å². The summed E-state index contributed by atoms with van der Waals surface area (Å²) < 4.78 is 0. The Balaban J connectivity index is 1.81. The molecule has 112 valence electrons. The zero-order valence-electron chi connectivity index (χ0n) is 12.5. The van der Waals surface area contributed by atoms with Crippen LogP contribution >= 0.6 is 11.8 Å². The maximum absolute atomic E-state index is 12.6. The van der Waals surface area contributed by atoms with Gasteiger partial charge in [-0.25, -0.2) is 5.01 Å². The third-order valence-corrected chi connectivity index (χ3v) is 4.30. The van der Waals surface area contributed by atoms with E-state index in [4.69, 9.17) is 0 Å². The molecule has 1 heterocycles. The molecule has 0 fully saturated rings. The molecule has 0 aliphatic carbocycles. The number of aryl methyl sites for hydroxylation is 1. The number of para-hydroxylation sites is 1. The molecule has 0 unspecified atom stereocenters. The lowest BCUT2D eigenvalue weighted by Gasteiger charge is -2.18. The van der Waals surface area contributed by atoms with Crippen LogP contribution in [0.4, 0.5) is 5.69 Å². The van der Waals surface area contributed by atoms with Crippen LogP contribution in [0.5, 0.6) is 0 Å². The lowest BCUT2D eigenvalue weighted by molar-refractivity contribution is -0.126. The normalized spacial score (nSPS) is 17.1. The van der Waals surface area contributed by atoms with Crippen LogP contribution < -0.4 is 5.43 Å². The van der Waals surface area contributed by atoms with E-state index in [2.05, 4.69) is 16.5 Å². The number of carbonyl (C=O) groups excluding carboxylic acids is 1. The van der Waals surface area contributed by atoms with Gasteiger partial charge in [0.1, 0.15) is 6.34 Å². The van der Waals surface area contributed by atoms with Crippen LogP contribution in [-0.2, 0) is 4.79 Å². The molecule has 0 saturated heterocycles. The minimum atomic E-state index is -0.473.